The molecule has 5 heavy (non-hydrogen) atoms. The Morgan fingerprint density at radius 2 is 2.20 bits per heavy atom. The summed E-state index contributed by atoms with van der Waals surface area (Å²) in [5.74, 6) is 0.176. The van der Waals surface area contributed by atoms with Crippen LogP contribution in [-0.2, 0) is 0 Å². The maximum Gasteiger partial charge on any atom is 0.135 e. The lowest BCUT2D eigenvalue weighted by Crippen LogP contribution is -1.90. The lowest BCUT2D eigenvalue weighted by atomic mass is 10.0. The average Bonchev–Trinajstić information content (AvgIpc) is 1.38. The highest BCUT2D eigenvalue weighted by Crippen LogP contribution is 1.72. The van der Waals surface area contributed by atoms with Gasteiger partial charge in [-0.15, -0.1) is 0 Å². The third kappa shape index (κ3) is 3.66. The fraction of sp³-hybridized carbons (Fsp3) is 1.00. The van der Waals surface area contributed by atoms with Gasteiger partial charge in [0, 0.05) is 5.94 Å². The van der Waals surface area contributed by atoms with Crippen LogP contribution in [0.25, 0.3) is 0 Å². The van der Waals surface area contributed by atoms with E-state index in [2.05, 4.69) is 5.11 Å². The Bertz CT molecular complexity index is 34.6. The zero-order chi connectivity index (χ0) is 4.28. The van der Waals surface area contributed by atoms with Crippen LogP contribution in [0.1, 0.15) is 6.92 Å². The molecule has 1 atom stereocenters. The molecule has 2 nitrogen and oxygen atoms in total. The van der Waals surface area contributed by atoms with Crippen molar-refractivity contribution < 1.29 is 0 Å². The summed E-state index contributed by atoms with van der Waals surface area (Å²) in [4.78, 5) is 0. The van der Waals surface area contributed by atoms with E-state index < -0.39 is 0 Å². The third-order valence-corrected chi connectivity index (χ3v) is 0.258. The molecule has 0 amide bonds. The molecule has 0 heterocycles. The van der Waals surface area contributed by atoms with Gasteiger partial charge in [-0.25, -0.2) is 10.6 Å². The van der Waals surface area contributed by atoms with Crippen molar-refractivity contribution in [3.63, 3.8) is 0 Å². The van der Waals surface area contributed by atoms with Gasteiger partial charge in [0.15, 0.2) is 0 Å². The molecule has 0 saturated carbocycles. The molecule has 0 aromatic carbocycles. The first-order valence-corrected chi connectivity index (χ1v) is 1.64. The van der Waals surface area contributed by atoms with Gasteiger partial charge in [-0.05, 0) is 6.92 Å². The zero-order valence-corrected chi connectivity index (χ0v) is 3.52. The number of hydrogen-bond donors (Lipinski definition) is 1. The molecule has 0 radical (unpaired) electrons. The maximum atomic E-state index is 6.28. The van der Waals surface area contributed by atoms with Crippen molar-refractivity contribution in [2.24, 2.45) is 5.11 Å². The third-order valence-electron chi connectivity index (χ3n) is 0.258. The molecule has 0 saturated heterocycles. The molecule has 0 aromatic rings. The monoisotopic (exact) mass is 70.1 g/mol. The molecule has 28 valence electrons. The van der Waals surface area contributed by atoms with E-state index in [1.54, 1.807) is 0 Å². The summed E-state index contributed by atoms with van der Waals surface area (Å²) in [7, 11) is 1.87. The summed E-state index contributed by atoms with van der Waals surface area (Å²) >= 11 is 0. The molecule has 0 fully saturated rings. The van der Waals surface area contributed by atoms with Crippen LogP contribution >= 0.6 is 0 Å². The standard InChI is InChI=1S/C2H7BN2/c1-2(3)5-4/h2,4H,3H2,1H3. The van der Waals surface area contributed by atoms with Crippen LogP contribution in [0.4, 0.5) is 0 Å². The number of hydrogen-bond acceptors (Lipinski definition) is 2. The largest absolute Gasteiger partial charge is 0.210 e. The van der Waals surface area contributed by atoms with E-state index in [1.807, 2.05) is 14.8 Å². The van der Waals surface area contributed by atoms with Gasteiger partial charge in [0.2, 0.25) is 0 Å². The Hall–Kier alpha value is -0.335. The van der Waals surface area contributed by atoms with Crippen molar-refractivity contribution in [3.05, 3.63) is 0 Å². The number of rotatable bonds is 1. The first-order valence-electron chi connectivity index (χ1n) is 1.64. The van der Waals surface area contributed by atoms with Crippen LogP contribution in [0.15, 0.2) is 5.11 Å². The van der Waals surface area contributed by atoms with E-state index in [9.17, 15) is 0 Å². The predicted octanol–water partition coefficient (Wildman–Crippen LogP) is -0.00353. The topological polar surface area (TPSA) is 36.2 Å². The second kappa shape index (κ2) is 1.94. The minimum atomic E-state index is 0.176. The molecule has 1 N–H and O–H groups in total. The molecule has 1 unspecified atom stereocenters. The molecule has 0 aliphatic carbocycles. The summed E-state index contributed by atoms with van der Waals surface area (Å²) in [6.45, 7) is 1.87. The summed E-state index contributed by atoms with van der Waals surface area (Å²) in [6.07, 6.45) is 0. The molecule has 0 rings (SSSR count). The Labute approximate surface area is 32.5 Å². The number of nitrogens with one attached hydrogen (secondary N) is 1. The fourth-order valence-corrected chi connectivity index (χ4v) is 0. The van der Waals surface area contributed by atoms with E-state index in [4.69, 9.17) is 5.53 Å². The first-order chi connectivity index (χ1) is 2.27. The Morgan fingerprint density at radius 3 is 2.20 bits per heavy atom. The molecule has 0 aliphatic heterocycles. The maximum absolute atomic E-state index is 6.28. The molecule has 0 spiro atoms. The quantitative estimate of drug-likeness (QED) is 0.333. The minimum absolute atomic E-state index is 0.176. The van der Waals surface area contributed by atoms with Crippen molar-refractivity contribution >= 4 is 7.85 Å². The van der Waals surface area contributed by atoms with Gasteiger partial charge in [0.1, 0.15) is 7.85 Å². The van der Waals surface area contributed by atoms with E-state index >= 15 is 0 Å². The van der Waals surface area contributed by atoms with E-state index in [0.717, 1.165) is 0 Å². The lowest BCUT2D eigenvalue weighted by Gasteiger charge is -1.81. The van der Waals surface area contributed by atoms with Crippen molar-refractivity contribution in [2.75, 3.05) is 0 Å². The van der Waals surface area contributed by atoms with Gasteiger partial charge >= 0.3 is 0 Å². The molecule has 3 heteroatoms. The molecular weight excluding hydrogens is 62.8 g/mol. The summed E-state index contributed by atoms with van der Waals surface area (Å²) in [6, 6.07) is 0. The Kier molecular flexibility index (Phi) is 1.81. The molecule has 0 aromatic heterocycles. The molecule has 0 aliphatic rings. The van der Waals surface area contributed by atoms with Gasteiger partial charge < -0.3 is 0 Å². The smallest absolute Gasteiger partial charge is 0.135 e. The van der Waals surface area contributed by atoms with Crippen molar-refractivity contribution in [1.82, 2.24) is 0 Å². The summed E-state index contributed by atoms with van der Waals surface area (Å²) < 4.78 is 0. The normalized spacial score (nSPS) is 13.8. The summed E-state index contributed by atoms with van der Waals surface area (Å²) in [5, 5.41) is 3.14. The van der Waals surface area contributed by atoms with Gasteiger partial charge in [-0.1, -0.05) is 0 Å². The number of nitrogens with zero attached hydrogens (tertiary/aromatic N) is 1. The van der Waals surface area contributed by atoms with Crippen LogP contribution < -0.4 is 0 Å². The van der Waals surface area contributed by atoms with E-state index in [0.29, 0.717) is 0 Å². The minimum Gasteiger partial charge on any atom is -0.210 e. The van der Waals surface area contributed by atoms with Gasteiger partial charge in [-0.2, -0.15) is 0 Å². The highest BCUT2D eigenvalue weighted by Gasteiger charge is 1.78. The predicted molar refractivity (Wildman–Crippen MR) is 23.2 cm³/mol. The highest BCUT2D eigenvalue weighted by atomic mass is 15.0. The van der Waals surface area contributed by atoms with Crippen LogP contribution in [-0.4, -0.2) is 13.8 Å². The van der Waals surface area contributed by atoms with Crippen molar-refractivity contribution in [2.45, 2.75) is 12.9 Å². The Morgan fingerprint density at radius 1 is 2.00 bits per heavy atom. The molecule has 0 bridgehead atoms. The second-order valence-electron chi connectivity index (χ2n) is 1.22. The van der Waals surface area contributed by atoms with Crippen LogP contribution in [0.5, 0.6) is 0 Å². The van der Waals surface area contributed by atoms with Gasteiger partial charge in [0.05, 0.1) is 0 Å². The van der Waals surface area contributed by atoms with Crippen LogP contribution in [0, 0.1) is 5.53 Å². The summed E-state index contributed by atoms with van der Waals surface area (Å²) in [5.41, 5.74) is 6.28. The average molecular weight is 69.9 g/mol. The van der Waals surface area contributed by atoms with E-state index in [-0.39, 0.29) is 5.94 Å². The lowest BCUT2D eigenvalue weighted by molar-refractivity contribution is 0.883. The SMILES string of the molecule is BC(C)N=N. The Balaban J connectivity index is 2.83. The van der Waals surface area contributed by atoms with Gasteiger partial charge in [-0.3, -0.25) is 0 Å². The van der Waals surface area contributed by atoms with Gasteiger partial charge in [0.25, 0.3) is 0 Å². The second-order valence-corrected chi connectivity index (χ2v) is 1.22. The van der Waals surface area contributed by atoms with Crippen LogP contribution in [0.2, 0.25) is 0 Å². The zero-order valence-electron chi connectivity index (χ0n) is 3.52. The fourth-order valence-electron chi connectivity index (χ4n) is 0. The van der Waals surface area contributed by atoms with Crippen molar-refractivity contribution in [1.29, 1.82) is 5.53 Å². The first kappa shape index (κ1) is 4.66. The molecular formula is C2H7BN2. The van der Waals surface area contributed by atoms with Crippen molar-refractivity contribution in [3.8, 4) is 0 Å². The van der Waals surface area contributed by atoms with E-state index in [1.165, 1.54) is 0 Å². The van der Waals surface area contributed by atoms with Crippen LogP contribution in [0.3, 0.4) is 0 Å². The highest BCUT2D eigenvalue weighted by molar-refractivity contribution is 6.11.